The molecule has 1 saturated heterocycles. The molecule has 0 spiro atoms. The van der Waals surface area contributed by atoms with Gasteiger partial charge in [0.1, 0.15) is 5.78 Å². The van der Waals surface area contributed by atoms with Crippen molar-refractivity contribution in [3.05, 3.63) is 34.9 Å². The Morgan fingerprint density at radius 3 is 2.83 bits per heavy atom. The second-order valence-electron chi connectivity index (χ2n) is 5.52. The van der Waals surface area contributed by atoms with Crippen LogP contribution in [0.1, 0.15) is 42.9 Å². The Bertz CT molecular complexity index is 439. The molecule has 98 valence electrons. The third-order valence-electron chi connectivity index (χ3n) is 3.96. The van der Waals surface area contributed by atoms with Gasteiger partial charge in [-0.15, -0.1) is 0 Å². The highest BCUT2D eigenvalue weighted by Crippen LogP contribution is 2.22. The molecule has 0 N–H and O–H groups in total. The molecule has 1 aliphatic heterocycles. The molecule has 0 aliphatic carbocycles. The molecule has 0 amide bonds. The van der Waals surface area contributed by atoms with Crippen LogP contribution >= 0.6 is 0 Å². The van der Waals surface area contributed by atoms with Gasteiger partial charge in [0.2, 0.25) is 0 Å². The molecule has 1 aromatic carbocycles. The number of rotatable bonds is 3. The van der Waals surface area contributed by atoms with Crippen molar-refractivity contribution in [1.29, 1.82) is 0 Å². The Morgan fingerprint density at radius 1 is 1.33 bits per heavy atom. The minimum atomic E-state index is 0.138. The lowest BCUT2D eigenvalue weighted by Crippen LogP contribution is -2.43. The van der Waals surface area contributed by atoms with Crippen LogP contribution in [0, 0.1) is 13.8 Å². The summed E-state index contributed by atoms with van der Waals surface area (Å²) < 4.78 is 0. The summed E-state index contributed by atoms with van der Waals surface area (Å²) in [4.78, 5) is 14.1. The van der Waals surface area contributed by atoms with Crippen molar-refractivity contribution >= 4 is 5.78 Å². The fourth-order valence-corrected chi connectivity index (χ4v) is 2.83. The van der Waals surface area contributed by atoms with Gasteiger partial charge in [0.15, 0.2) is 0 Å². The van der Waals surface area contributed by atoms with Crippen molar-refractivity contribution in [3.63, 3.8) is 0 Å². The Hall–Kier alpha value is -1.15. The second kappa shape index (κ2) is 5.66. The Kier molecular flexibility index (Phi) is 4.18. The van der Waals surface area contributed by atoms with Crippen LogP contribution in [-0.4, -0.2) is 23.3 Å². The van der Waals surface area contributed by atoms with E-state index in [9.17, 15) is 4.79 Å². The number of Topliss-reactive ketones (excluding diaryl/α,β-unsaturated/α-hetero) is 1. The van der Waals surface area contributed by atoms with Crippen molar-refractivity contribution < 1.29 is 4.79 Å². The van der Waals surface area contributed by atoms with E-state index in [1.165, 1.54) is 29.5 Å². The molecule has 2 nitrogen and oxygen atoms in total. The zero-order chi connectivity index (χ0) is 13.1. The molecule has 1 fully saturated rings. The lowest BCUT2D eigenvalue weighted by Gasteiger charge is -2.34. The van der Waals surface area contributed by atoms with E-state index in [0.29, 0.717) is 5.78 Å². The summed E-state index contributed by atoms with van der Waals surface area (Å²) in [5.74, 6) is 0.319. The normalized spacial score (nSPS) is 20.9. The van der Waals surface area contributed by atoms with E-state index in [4.69, 9.17) is 0 Å². The fraction of sp³-hybridized carbons (Fsp3) is 0.562. The molecule has 2 heteroatoms. The predicted molar refractivity (Wildman–Crippen MR) is 74.6 cm³/mol. The van der Waals surface area contributed by atoms with E-state index >= 15 is 0 Å². The average Bonchev–Trinajstić information content (AvgIpc) is 2.34. The molecular formula is C16H23NO. The highest BCUT2D eigenvalue weighted by atomic mass is 16.1. The SMILES string of the molecule is CC(=O)C1CCCCN1Cc1cc(C)ccc1C. The van der Waals surface area contributed by atoms with E-state index in [0.717, 1.165) is 19.5 Å². The molecule has 1 aromatic rings. The van der Waals surface area contributed by atoms with Crippen LogP contribution in [0.25, 0.3) is 0 Å². The molecule has 0 radical (unpaired) electrons. The Balaban J connectivity index is 2.15. The zero-order valence-corrected chi connectivity index (χ0v) is 11.7. The quantitative estimate of drug-likeness (QED) is 0.814. The van der Waals surface area contributed by atoms with Crippen LogP contribution in [0.15, 0.2) is 18.2 Å². The standard InChI is InChI=1S/C16H23NO/c1-12-7-8-13(2)15(10-12)11-17-9-5-4-6-16(17)14(3)18/h7-8,10,16H,4-6,9,11H2,1-3H3. The first-order valence-corrected chi connectivity index (χ1v) is 6.88. The molecule has 0 aromatic heterocycles. The molecule has 18 heavy (non-hydrogen) atoms. The maximum Gasteiger partial charge on any atom is 0.146 e. The van der Waals surface area contributed by atoms with Crippen LogP contribution in [0.5, 0.6) is 0 Å². The predicted octanol–water partition coefficient (Wildman–Crippen LogP) is 3.25. The number of likely N-dealkylation sites (tertiary alicyclic amines) is 1. The number of hydrogen-bond acceptors (Lipinski definition) is 2. The summed E-state index contributed by atoms with van der Waals surface area (Å²) in [6.45, 7) is 7.98. The highest BCUT2D eigenvalue weighted by molar-refractivity contribution is 5.81. The molecule has 2 rings (SSSR count). The number of carbonyl (C=O) groups is 1. The van der Waals surface area contributed by atoms with Crippen LogP contribution < -0.4 is 0 Å². The van der Waals surface area contributed by atoms with Gasteiger partial charge in [0.25, 0.3) is 0 Å². The van der Waals surface area contributed by atoms with Gasteiger partial charge in [-0.05, 0) is 51.3 Å². The van der Waals surface area contributed by atoms with E-state index in [-0.39, 0.29) is 6.04 Å². The van der Waals surface area contributed by atoms with Gasteiger partial charge >= 0.3 is 0 Å². The Labute approximate surface area is 110 Å². The molecule has 1 heterocycles. The summed E-state index contributed by atoms with van der Waals surface area (Å²) in [7, 11) is 0. The van der Waals surface area contributed by atoms with Crippen molar-refractivity contribution in [1.82, 2.24) is 4.90 Å². The maximum absolute atomic E-state index is 11.7. The minimum absolute atomic E-state index is 0.138. The number of hydrogen-bond donors (Lipinski definition) is 0. The number of piperidine rings is 1. The summed E-state index contributed by atoms with van der Waals surface area (Å²) in [6, 6.07) is 6.72. The molecular weight excluding hydrogens is 222 g/mol. The molecule has 1 unspecified atom stereocenters. The number of aryl methyl sites for hydroxylation is 2. The van der Waals surface area contributed by atoms with Crippen molar-refractivity contribution in [3.8, 4) is 0 Å². The number of nitrogens with zero attached hydrogens (tertiary/aromatic N) is 1. The minimum Gasteiger partial charge on any atom is -0.298 e. The first kappa shape index (κ1) is 13.3. The molecule has 0 saturated carbocycles. The first-order chi connectivity index (χ1) is 8.58. The third-order valence-corrected chi connectivity index (χ3v) is 3.96. The monoisotopic (exact) mass is 245 g/mol. The fourth-order valence-electron chi connectivity index (χ4n) is 2.83. The van der Waals surface area contributed by atoms with Gasteiger partial charge in [0.05, 0.1) is 6.04 Å². The number of benzene rings is 1. The summed E-state index contributed by atoms with van der Waals surface area (Å²) in [6.07, 6.45) is 3.43. The average molecular weight is 245 g/mol. The van der Waals surface area contributed by atoms with E-state index in [1.807, 2.05) is 0 Å². The van der Waals surface area contributed by atoms with Gasteiger partial charge in [-0.2, -0.15) is 0 Å². The summed E-state index contributed by atoms with van der Waals surface area (Å²) in [5, 5.41) is 0. The first-order valence-electron chi connectivity index (χ1n) is 6.88. The van der Waals surface area contributed by atoms with Gasteiger partial charge in [-0.1, -0.05) is 30.2 Å². The van der Waals surface area contributed by atoms with Gasteiger partial charge in [-0.25, -0.2) is 0 Å². The third kappa shape index (κ3) is 2.99. The Morgan fingerprint density at radius 2 is 2.11 bits per heavy atom. The van der Waals surface area contributed by atoms with Gasteiger partial charge in [-0.3, -0.25) is 9.69 Å². The van der Waals surface area contributed by atoms with Crippen LogP contribution in [0.2, 0.25) is 0 Å². The molecule has 1 atom stereocenters. The smallest absolute Gasteiger partial charge is 0.146 e. The summed E-state index contributed by atoms with van der Waals surface area (Å²) >= 11 is 0. The van der Waals surface area contributed by atoms with Crippen molar-refractivity contribution in [2.24, 2.45) is 0 Å². The van der Waals surface area contributed by atoms with Gasteiger partial charge in [0, 0.05) is 6.54 Å². The van der Waals surface area contributed by atoms with E-state index in [2.05, 4.69) is 36.9 Å². The lowest BCUT2D eigenvalue weighted by molar-refractivity contribution is -0.123. The lowest BCUT2D eigenvalue weighted by atomic mass is 9.97. The van der Waals surface area contributed by atoms with Crippen LogP contribution in [0.4, 0.5) is 0 Å². The largest absolute Gasteiger partial charge is 0.298 e. The maximum atomic E-state index is 11.7. The van der Waals surface area contributed by atoms with Crippen molar-refractivity contribution in [2.75, 3.05) is 6.54 Å². The second-order valence-corrected chi connectivity index (χ2v) is 5.52. The highest BCUT2D eigenvalue weighted by Gasteiger charge is 2.26. The topological polar surface area (TPSA) is 20.3 Å². The summed E-state index contributed by atoms with van der Waals surface area (Å²) in [5.41, 5.74) is 3.99. The molecule has 0 bridgehead atoms. The van der Waals surface area contributed by atoms with E-state index in [1.54, 1.807) is 6.92 Å². The number of carbonyl (C=O) groups excluding carboxylic acids is 1. The van der Waals surface area contributed by atoms with Crippen molar-refractivity contribution in [2.45, 2.75) is 52.6 Å². The molecule has 1 aliphatic rings. The van der Waals surface area contributed by atoms with E-state index < -0.39 is 0 Å². The zero-order valence-electron chi connectivity index (χ0n) is 11.7. The number of ketones is 1. The van der Waals surface area contributed by atoms with Crippen LogP contribution in [0.3, 0.4) is 0 Å². The van der Waals surface area contributed by atoms with Gasteiger partial charge < -0.3 is 0 Å². The van der Waals surface area contributed by atoms with Crippen LogP contribution in [-0.2, 0) is 11.3 Å².